The van der Waals surface area contributed by atoms with Crippen molar-refractivity contribution in [1.29, 1.82) is 0 Å². The molecule has 0 atom stereocenters. The van der Waals surface area contributed by atoms with E-state index in [0.29, 0.717) is 18.9 Å². The Balaban J connectivity index is 1.56. The largest absolute Gasteiger partial charge is 0.489 e. The molecule has 2 heterocycles. The average molecular weight is 478 g/mol. The maximum atomic E-state index is 13.1. The predicted octanol–water partition coefficient (Wildman–Crippen LogP) is 4.46. The number of carbonyl (C=O) groups is 2. The summed E-state index contributed by atoms with van der Waals surface area (Å²) < 4.78 is 20.9. The van der Waals surface area contributed by atoms with Crippen LogP contribution in [0, 0.1) is 19.7 Å². The van der Waals surface area contributed by atoms with Crippen LogP contribution in [0.1, 0.15) is 29.4 Å². The third-order valence-electron chi connectivity index (χ3n) is 5.69. The van der Waals surface area contributed by atoms with Crippen LogP contribution in [0.5, 0.6) is 5.75 Å². The van der Waals surface area contributed by atoms with Gasteiger partial charge in [0.15, 0.2) is 5.11 Å². The standard InChI is InChI=1S/C26H24FN3O3S/c1-4-29-25(32)23(24(31)28-26(29)34)14-19-13-16(2)30(17(19)3)21-9-11-22(12-10-21)33-15-18-5-7-20(27)8-6-18/h5-14H,4,15H2,1-3H3,(H,28,31,34)/b23-14+. The highest BCUT2D eigenvalue weighted by Crippen LogP contribution is 2.25. The second kappa shape index (κ2) is 9.61. The van der Waals surface area contributed by atoms with E-state index in [9.17, 15) is 14.0 Å². The highest BCUT2D eigenvalue weighted by atomic mass is 32.1. The quantitative estimate of drug-likeness (QED) is 0.324. The van der Waals surface area contributed by atoms with Gasteiger partial charge in [0.25, 0.3) is 11.8 Å². The fourth-order valence-corrected chi connectivity index (χ4v) is 4.21. The van der Waals surface area contributed by atoms with Crippen molar-refractivity contribution in [1.82, 2.24) is 14.8 Å². The number of likely N-dealkylation sites (N-methyl/N-ethyl adjacent to an activating group) is 1. The second-order valence-electron chi connectivity index (χ2n) is 7.94. The van der Waals surface area contributed by atoms with E-state index < -0.39 is 11.8 Å². The fourth-order valence-electron chi connectivity index (χ4n) is 3.91. The van der Waals surface area contributed by atoms with Crippen molar-refractivity contribution in [3.8, 4) is 11.4 Å². The van der Waals surface area contributed by atoms with Crippen LogP contribution in [0.3, 0.4) is 0 Å². The smallest absolute Gasteiger partial charge is 0.265 e. The van der Waals surface area contributed by atoms with E-state index in [1.54, 1.807) is 25.1 Å². The average Bonchev–Trinajstić information content (AvgIpc) is 3.09. The molecule has 0 unspecified atom stereocenters. The zero-order chi connectivity index (χ0) is 24.4. The third kappa shape index (κ3) is 4.63. The van der Waals surface area contributed by atoms with Crippen molar-refractivity contribution >= 4 is 35.2 Å². The summed E-state index contributed by atoms with van der Waals surface area (Å²) in [5.41, 5.74) is 4.47. The normalized spacial score (nSPS) is 15.1. The SMILES string of the molecule is CCN1C(=O)/C(=C/c2cc(C)n(-c3ccc(OCc4ccc(F)cc4)cc3)c2C)C(=O)NC1=S. The van der Waals surface area contributed by atoms with Gasteiger partial charge in [0, 0.05) is 23.6 Å². The minimum absolute atomic E-state index is 0.0558. The Labute approximate surface area is 202 Å². The molecular weight excluding hydrogens is 453 g/mol. The molecule has 3 aromatic rings. The van der Waals surface area contributed by atoms with Crippen LogP contribution < -0.4 is 10.1 Å². The highest BCUT2D eigenvalue weighted by molar-refractivity contribution is 7.80. The molecule has 1 aliphatic heterocycles. The Morgan fingerprint density at radius 1 is 1.06 bits per heavy atom. The van der Waals surface area contributed by atoms with Crippen molar-refractivity contribution in [3.63, 3.8) is 0 Å². The van der Waals surface area contributed by atoms with Crippen molar-refractivity contribution in [2.75, 3.05) is 6.54 Å². The molecule has 1 saturated heterocycles. The Hall–Kier alpha value is -3.78. The minimum atomic E-state index is -0.493. The van der Waals surface area contributed by atoms with E-state index in [1.807, 2.05) is 48.7 Å². The molecule has 1 aromatic heterocycles. The van der Waals surface area contributed by atoms with Gasteiger partial charge in [-0.25, -0.2) is 4.39 Å². The Morgan fingerprint density at radius 2 is 1.74 bits per heavy atom. The lowest BCUT2D eigenvalue weighted by Crippen LogP contribution is -2.53. The van der Waals surface area contributed by atoms with Crippen molar-refractivity contribution in [3.05, 3.63) is 88.5 Å². The number of hydrogen-bond donors (Lipinski definition) is 1. The van der Waals surface area contributed by atoms with Gasteiger partial charge in [0.05, 0.1) is 0 Å². The number of benzene rings is 2. The van der Waals surface area contributed by atoms with Gasteiger partial charge in [-0.05, 0) is 92.7 Å². The number of nitrogens with one attached hydrogen (secondary N) is 1. The first-order chi connectivity index (χ1) is 16.3. The van der Waals surface area contributed by atoms with Gasteiger partial charge in [-0.3, -0.25) is 19.8 Å². The van der Waals surface area contributed by atoms with Crippen LogP contribution in [-0.2, 0) is 16.2 Å². The third-order valence-corrected chi connectivity index (χ3v) is 6.01. The first kappa shape index (κ1) is 23.4. The lowest BCUT2D eigenvalue weighted by molar-refractivity contribution is -0.128. The van der Waals surface area contributed by atoms with Gasteiger partial charge in [0.2, 0.25) is 0 Å². The fraction of sp³-hybridized carbons (Fsp3) is 0.192. The molecule has 0 bridgehead atoms. The lowest BCUT2D eigenvalue weighted by atomic mass is 10.1. The molecule has 4 rings (SSSR count). The molecule has 34 heavy (non-hydrogen) atoms. The monoisotopic (exact) mass is 477 g/mol. The van der Waals surface area contributed by atoms with E-state index in [0.717, 1.165) is 28.2 Å². The van der Waals surface area contributed by atoms with E-state index in [1.165, 1.54) is 17.0 Å². The van der Waals surface area contributed by atoms with Crippen LogP contribution >= 0.6 is 12.2 Å². The van der Waals surface area contributed by atoms with Crippen LogP contribution in [0.15, 0.2) is 60.2 Å². The molecule has 0 saturated carbocycles. The summed E-state index contributed by atoms with van der Waals surface area (Å²) in [5.74, 6) is -0.478. The number of halogens is 1. The van der Waals surface area contributed by atoms with Crippen LogP contribution in [0.25, 0.3) is 11.8 Å². The van der Waals surface area contributed by atoms with E-state index in [4.69, 9.17) is 17.0 Å². The lowest BCUT2D eigenvalue weighted by Gasteiger charge is -2.27. The summed E-state index contributed by atoms with van der Waals surface area (Å²) in [7, 11) is 0. The minimum Gasteiger partial charge on any atom is -0.489 e. The summed E-state index contributed by atoms with van der Waals surface area (Å²) in [5, 5.41) is 2.70. The van der Waals surface area contributed by atoms with Gasteiger partial charge < -0.3 is 9.30 Å². The van der Waals surface area contributed by atoms with Crippen LogP contribution in [-0.4, -0.2) is 32.9 Å². The zero-order valence-corrected chi connectivity index (χ0v) is 19.9. The van der Waals surface area contributed by atoms with E-state index in [2.05, 4.69) is 5.32 Å². The van der Waals surface area contributed by atoms with Gasteiger partial charge >= 0.3 is 0 Å². The van der Waals surface area contributed by atoms with Crippen LogP contribution in [0.2, 0.25) is 0 Å². The molecular formula is C26H24FN3O3S. The topological polar surface area (TPSA) is 63.6 Å². The van der Waals surface area contributed by atoms with Crippen molar-refractivity contribution < 1.29 is 18.7 Å². The number of carbonyl (C=O) groups excluding carboxylic acids is 2. The number of aryl methyl sites for hydroxylation is 1. The molecule has 8 heteroatoms. The first-order valence-electron chi connectivity index (χ1n) is 10.8. The van der Waals surface area contributed by atoms with Crippen LogP contribution in [0.4, 0.5) is 4.39 Å². The maximum Gasteiger partial charge on any atom is 0.265 e. The Morgan fingerprint density at radius 3 is 2.38 bits per heavy atom. The van der Waals surface area contributed by atoms with Crippen molar-refractivity contribution in [2.24, 2.45) is 0 Å². The second-order valence-corrected chi connectivity index (χ2v) is 8.32. The predicted molar refractivity (Wildman–Crippen MR) is 132 cm³/mol. The van der Waals surface area contributed by atoms with E-state index in [-0.39, 0.29) is 16.5 Å². The molecule has 6 nitrogen and oxygen atoms in total. The molecule has 2 amide bonds. The molecule has 174 valence electrons. The summed E-state index contributed by atoms with van der Waals surface area (Å²) in [6.07, 6.45) is 1.61. The van der Waals surface area contributed by atoms with Gasteiger partial charge in [-0.1, -0.05) is 12.1 Å². The molecule has 0 radical (unpaired) electrons. The number of ether oxygens (including phenoxy) is 1. The number of aromatic nitrogens is 1. The van der Waals surface area contributed by atoms with Gasteiger partial charge in [-0.15, -0.1) is 0 Å². The molecule has 0 aliphatic carbocycles. The van der Waals surface area contributed by atoms with E-state index >= 15 is 0 Å². The number of rotatable bonds is 6. The summed E-state index contributed by atoms with van der Waals surface area (Å²) in [6.45, 7) is 6.42. The van der Waals surface area contributed by atoms with Gasteiger partial charge in [-0.2, -0.15) is 0 Å². The summed E-state index contributed by atoms with van der Waals surface area (Å²) in [6, 6.07) is 15.7. The first-order valence-corrected chi connectivity index (χ1v) is 11.2. The molecule has 1 aliphatic rings. The summed E-state index contributed by atoms with van der Waals surface area (Å²) in [4.78, 5) is 26.5. The number of hydrogen-bond acceptors (Lipinski definition) is 4. The number of amides is 2. The molecule has 1 fully saturated rings. The highest BCUT2D eigenvalue weighted by Gasteiger charge is 2.32. The van der Waals surface area contributed by atoms with Gasteiger partial charge in [0.1, 0.15) is 23.7 Å². The molecule has 1 N–H and O–H groups in total. The number of nitrogens with zero attached hydrogens (tertiary/aromatic N) is 2. The Kier molecular flexibility index (Phi) is 6.61. The molecule has 2 aromatic carbocycles. The maximum absolute atomic E-state index is 13.1. The Bertz CT molecular complexity index is 1290. The summed E-state index contributed by atoms with van der Waals surface area (Å²) >= 11 is 5.09. The zero-order valence-electron chi connectivity index (χ0n) is 19.1. The molecule has 0 spiro atoms. The van der Waals surface area contributed by atoms with Crippen molar-refractivity contribution in [2.45, 2.75) is 27.4 Å². The number of thiocarbonyl (C=S) groups is 1.